The highest BCUT2D eigenvalue weighted by Gasteiger charge is 2.23. The molecule has 0 saturated heterocycles. The maximum absolute atomic E-state index is 13.7. The molecule has 5 rings (SSSR count). The van der Waals surface area contributed by atoms with E-state index in [2.05, 4.69) is 29.8 Å². The quantitative estimate of drug-likeness (QED) is 0.0846. The zero-order chi connectivity index (χ0) is 35.5. The first kappa shape index (κ1) is 35.5. The number of benzene rings is 5. The standard InChI is InChI=1S/C41H39N3O5S/c1-27(2)28-15-18-32(19-16-28)43-41(47)38(29-11-7-5-8-12-29)50-35-23-20-33(21-24-35)42-40(46)36(44-39(45)30-13-9-6-10-14-30)25-31-17-22-34(48-3)26-37(31)49-4/h5-27,38H,1-4H3,(H,42,46)(H,43,47)(H,44,45)/b36-25-. The van der Waals surface area contributed by atoms with Crippen LogP contribution in [0.25, 0.3) is 6.08 Å². The molecular weight excluding hydrogens is 647 g/mol. The van der Waals surface area contributed by atoms with Crippen molar-refractivity contribution in [3.63, 3.8) is 0 Å². The second kappa shape index (κ2) is 17.0. The number of anilines is 2. The summed E-state index contributed by atoms with van der Waals surface area (Å²) in [4.78, 5) is 41.2. The van der Waals surface area contributed by atoms with Crippen molar-refractivity contribution >= 4 is 46.9 Å². The number of methoxy groups -OCH3 is 2. The first-order valence-corrected chi connectivity index (χ1v) is 17.0. The maximum atomic E-state index is 13.7. The van der Waals surface area contributed by atoms with Crippen molar-refractivity contribution in [2.24, 2.45) is 0 Å². The number of carbonyl (C=O) groups excluding carboxylic acids is 3. The lowest BCUT2D eigenvalue weighted by Crippen LogP contribution is -2.30. The molecule has 1 unspecified atom stereocenters. The monoisotopic (exact) mass is 685 g/mol. The first-order valence-electron chi connectivity index (χ1n) is 16.1. The van der Waals surface area contributed by atoms with E-state index in [1.54, 1.807) is 67.8 Å². The lowest BCUT2D eigenvalue weighted by Gasteiger charge is -2.18. The highest BCUT2D eigenvalue weighted by atomic mass is 32.2. The molecule has 0 radical (unpaired) electrons. The predicted molar refractivity (Wildman–Crippen MR) is 201 cm³/mol. The van der Waals surface area contributed by atoms with Gasteiger partial charge in [-0.25, -0.2) is 0 Å². The predicted octanol–water partition coefficient (Wildman–Crippen LogP) is 8.71. The summed E-state index contributed by atoms with van der Waals surface area (Å²) >= 11 is 1.41. The molecule has 5 aromatic rings. The lowest BCUT2D eigenvalue weighted by molar-refractivity contribution is -0.116. The molecule has 0 aliphatic heterocycles. The van der Waals surface area contributed by atoms with E-state index in [0.29, 0.717) is 34.2 Å². The van der Waals surface area contributed by atoms with Gasteiger partial charge in [-0.15, -0.1) is 11.8 Å². The molecule has 0 spiro atoms. The van der Waals surface area contributed by atoms with Gasteiger partial charge in [0.05, 0.1) is 14.2 Å². The van der Waals surface area contributed by atoms with E-state index in [1.165, 1.54) is 24.4 Å². The van der Waals surface area contributed by atoms with Crippen LogP contribution in [-0.4, -0.2) is 31.9 Å². The summed E-state index contributed by atoms with van der Waals surface area (Å²) in [5.74, 6) is 0.338. The minimum atomic E-state index is -0.530. The Morgan fingerprint density at radius 3 is 1.92 bits per heavy atom. The van der Waals surface area contributed by atoms with Crippen molar-refractivity contribution in [3.8, 4) is 11.5 Å². The molecule has 3 amide bonds. The average molecular weight is 686 g/mol. The van der Waals surface area contributed by atoms with Crippen molar-refractivity contribution in [2.45, 2.75) is 29.9 Å². The molecule has 9 heteroatoms. The van der Waals surface area contributed by atoms with E-state index in [4.69, 9.17) is 9.47 Å². The molecule has 5 aromatic carbocycles. The van der Waals surface area contributed by atoms with Crippen LogP contribution in [0.2, 0.25) is 0 Å². The number of hydrogen-bond donors (Lipinski definition) is 3. The fourth-order valence-corrected chi connectivity index (χ4v) is 6.07. The van der Waals surface area contributed by atoms with Gasteiger partial charge >= 0.3 is 0 Å². The number of ether oxygens (including phenoxy) is 2. The Kier molecular flexibility index (Phi) is 12.1. The molecular formula is C41H39N3O5S. The molecule has 254 valence electrons. The molecule has 0 aromatic heterocycles. The molecule has 0 saturated carbocycles. The van der Waals surface area contributed by atoms with Gasteiger partial charge in [-0.05, 0) is 83.8 Å². The summed E-state index contributed by atoms with van der Waals surface area (Å²) in [5.41, 5.74) is 4.29. The normalized spacial score (nSPS) is 11.7. The summed E-state index contributed by atoms with van der Waals surface area (Å²) in [6.07, 6.45) is 1.55. The molecule has 0 aliphatic carbocycles. The Balaban J connectivity index is 1.34. The topological polar surface area (TPSA) is 106 Å². The number of thioether (sulfide) groups is 1. The van der Waals surface area contributed by atoms with Gasteiger partial charge in [0, 0.05) is 33.5 Å². The van der Waals surface area contributed by atoms with Gasteiger partial charge in [-0.2, -0.15) is 0 Å². The van der Waals surface area contributed by atoms with Crippen LogP contribution < -0.4 is 25.4 Å². The fraction of sp³-hybridized carbons (Fsp3) is 0.146. The Morgan fingerprint density at radius 2 is 1.30 bits per heavy atom. The molecule has 8 nitrogen and oxygen atoms in total. The van der Waals surface area contributed by atoms with E-state index < -0.39 is 17.1 Å². The summed E-state index contributed by atoms with van der Waals surface area (Å²) in [5, 5.41) is 8.18. The van der Waals surface area contributed by atoms with E-state index in [0.717, 1.165) is 16.1 Å². The number of nitrogens with one attached hydrogen (secondary N) is 3. The fourth-order valence-electron chi connectivity index (χ4n) is 5.05. The zero-order valence-electron chi connectivity index (χ0n) is 28.3. The lowest BCUT2D eigenvalue weighted by atomic mass is 10.0. The number of hydrogen-bond acceptors (Lipinski definition) is 6. The average Bonchev–Trinajstić information content (AvgIpc) is 3.15. The third-order valence-electron chi connectivity index (χ3n) is 7.82. The first-order chi connectivity index (χ1) is 24.2. The van der Waals surface area contributed by atoms with Crippen LogP contribution in [0.3, 0.4) is 0 Å². The Bertz CT molecular complexity index is 1940. The van der Waals surface area contributed by atoms with E-state index in [9.17, 15) is 14.4 Å². The van der Waals surface area contributed by atoms with Crippen LogP contribution in [-0.2, 0) is 9.59 Å². The third kappa shape index (κ3) is 9.42. The van der Waals surface area contributed by atoms with E-state index >= 15 is 0 Å². The molecule has 1 atom stereocenters. The van der Waals surface area contributed by atoms with Crippen molar-refractivity contribution in [1.82, 2.24) is 5.32 Å². The summed E-state index contributed by atoms with van der Waals surface area (Å²) in [6, 6.07) is 38.5. The summed E-state index contributed by atoms with van der Waals surface area (Å²) in [6.45, 7) is 4.26. The molecule has 3 N–H and O–H groups in total. The number of amides is 3. The Hall–Kier alpha value is -5.80. The number of carbonyl (C=O) groups is 3. The highest BCUT2D eigenvalue weighted by molar-refractivity contribution is 8.00. The van der Waals surface area contributed by atoms with Gasteiger partial charge in [0.15, 0.2) is 0 Å². The van der Waals surface area contributed by atoms with Crippen molar-refractivity contribution in [1.29, 1.82) is 0 Å². The minimum absolute atomic E-state index is 0.0167. The summed E-state index contributed by atoms with van der Waals surface area (Å²) in [7, 11) is 3.07. The van der Waals surface area contributed by atoms with Gasteiger partial charge in [0.2, 0.25) is 5.91 Å². The second-order valence-corrected chi connectivity index (χ2v) is 12.8. The van der Waals surface area contributed by atoms with Gasteiger partial charge in [0.25, 0.3) is 11.8 Å². The maximum Gasteiger partial charge on any atom is 0.272 e. The highest BCUT2D eigenvalue weighted by Crippen LogP contribution is 2.37. The van der Waals surface area contributed by atoms with Crippen molar-refractivity contribution in [3.05, 3.63) is 155 Å². The molecule has 0 fully saturated rings. The molecule has 0 heterocycles. The van der Waals surface area contributed by atoms with Crippen LogP contribution in [0.4, 0.5) is 11.4 Å². The van der Waals surface area contributed by atoms with Crippen LogP contribution in [0, 0.1) is 0 Å². The van der Waals surface area contributed by atoms with Crippen molar-refractivity contribution < 1.29 is 23.9 Å². The van der Waals surface area contributed by atoms with Gasteiger partial charge in [-0.1, -0.05) is 74.5 Å². The SMILES string of the molecule is COc1ccc(/C=C(\NC(=O)c2ccccc2)C(=O)Nc2ccc(SC(C(=O)Nc3ccc(C(C)C)cc3)c3ccccc3)cc2)c(OC)c1. The third-order valence-corrected chi connectivity index (χ3v) is 9.09. The molecule has 0 bridgehead atoms. The van der Waals surface area contributed by atoms with Crippen LogP contribution in [0.15, 0.2) is 138 Å². The van der Waals surface area contributed by atoms with Gasteiger partial charge < -0.3 is 25.4 Å². The Morgan fingerprint density at radius 1 is 0.680 bits per heavy atom. The van der Waals surface area contributed by atoms with Crippen LogP contribution in [0.1, 0.15) is 52.1 Å². The van der Waals surface area contributed by atoms with Gasteiger partial charge in [0.1, 0.15) is 22.4 Å². The second-order valence-electron chi connectivity index (χ2n) is 11.6. The van der Waals surface area contributed by atoms with Gasteiger partial charge in [-0.3, -0.25) is 14.4 Å². The van der Waals surface area contributed by atoms with Crippen LogP contribution >= 0.6 is 11.8 Å². The van der Waals surface area contributed by atoms with E-state index in [1.807, 2.05) is 72.8 Å². The Labute approximate surface area is 296 Å². The largest absolute Gasteiger partial charge is 0.497 e. The molecule has 0 aliphatic rings. The summed E-state index contributed by atoms with van der Waals surface area (Å²) < 4.78 is 10.8. The zero-order valence-corrected chi connectivity index (χ0v) is 29.1. The smallest absolute Gasteiger partial charge is 0.272 e. The van der Waals surface area contributed by atoms with Crippen LogP contribution in [0.5, 0.6) is 11.5 Å². The van der Waals surface area contributed by atoms with E-state index in [-0.39, 0.29) is 11.6 Å². The molecule has 50 heavy (non-hydrogen) atoms. The minimum Gasteiger partial charge on any atom is -0.497 e. The van der Waals surface area contributed by atoms with Crippen molar-refractivity contribution in [2.75, 3.05) is 24.9 Å². The number of rotatable bonds is 13.